The Kier molecular flexibility index (Phi) is 10.2. The van der Waals surface area contributed by atoms with Crippen LogP contribution < -0.4 is 0 Å². The molecule has 1 aliphatic rings. The quantitative estimate of drug-likeness (QED) is 0.337. The summed E-state index contributed by atoms with van der Waals surface area (Å²) in [4.78, 5) is 0. The van der Waals surface area contributed by atoms with Gasteiger partial charge in [-0.2, -0.15) is 0 Å². The van der Waals surface area contributed by atoms with Crippen LogP contribution in [0.4, 0.5) is 0 Å². The van der Waals surface area contributed by atoms with Crippen molar-refractivity contribution >= 4 is 8.38 Å². The minimum Gasteiger partial charge on any atom is -0.381 e. The molecule has 1 N–H and O–H groups in total. The summed E-state index contributed by atoms with van der Waals surface area (Å²) in [5.41, 5.74) is 3.13. The average Bonchev–Trinajstić information content (AvgIpc) is 2.90. The highest BCUT2D eigenvalue weighted by atomic mass is 31.2. The predicted octanol–water partition coefficient (Wildman–Crippen LogP) is 5.44. The van der Waals surface area contributed by atoms with Crippen molar-refractivity contribution in [3.63, 3.8) is 0 Å². The Balaban J connectivity index is 1.50. The third kappa shape index (κ3) is 7.66. The molecule has 3 aromatic carbocycles. The van der Waals surface area contributed by atoms with Gasteiger partial charge in [-0.15, -0.1) is 0 Å². The monoisotopic (exact) mass is 496 g/mol. The van der Waals surface area contributed by atoms with E-state index in [1.165, 1.54) is 0 Å². The number of aliphatic hydroxyl groups is 1. The fraction of sp³-hybridized carbons (Fsp3) is 0.357. The highest BCUT2D eigenvalue weighted by molar-refractivity contribution is 7.48. The maximum absolute atomic E-state index is 11.2. The second-order valence-electron chi connectivity index (χ2n) is 8.28. The summed E-state index contributed by atoms with van der Waals surface area (Å²) in [6, 6.07) is 29.8. The normalized spacial score (nSPS) is 24.3. The smallest absolute Gasteiger partial charge is 0.204 e. The topological polar surface area (TPSA) is 66.4 Å². The van der Waals surface area contributed by atoms with Gasteiger partial charge in [0.05, 0.1) is 33.0 Å². The number of ether oxygens (including phenoxy) is 3. The summed E-state index contributed by atoms with van der Waals surface area (Å²) in [6.45, 7) is 3.78. The predicted molar refractivity (Wildman–Crippen MR) is 136 cm³/mol. The molecular weight excluding hydrogens is 463 g/mol. The Labute approximate surface area is 208 Å². The van der Waals surface area contributed by atoms with Crippen LogP contribution in [0.3, 0.4) is 0 Å². The van der Waals surface area contributed by atoms with Crippen LogP contribution in [0, 0.1) is 0 Å². The van der Waals surface area contributed by atoms with Crippen LogP contribution in [0.15, 0.2) is 91.0 Å². The Morgan fingerprint density at radius 2 is 1.20 bits per heavy atom. The highest BCUT2D eigenvalue weighted by Gasteiger charge is 2.48. The molecule has 0 unspecified atom stereocenters. The van der Waals surface area contributed by atoms with Crippen molar-refractivity contribution in [1.82, 2.24) is 0 Å². The first-order chi connectivity index (χ1) is 17.2. The van der Waals surface area contributed by atoms with Gasteiger partial charge in [-0.25, -0.2) is 0 Å². The lowest BCUT2D eigenvalue weighted by Crippen LogP contribution is -2.53. The Bertz CT molecular complexity index is 975. The second-order valence-corrected chi connectivity index (χ2v) is 9.85. The zero-order chi connectivity index (χ0) is 24.3. The summed E-state index contributed by atoms with van der Waals surface area (Å²) in [6.07, 6.45) is -1.62. The van der Waals surface area contributed by atoms with Crippen molar-refractivity contribution in [2.24, 2.45) is 0 Å². The zero-order valence-corrected chi connectivity index (χ0v) is 20.8. The van der Waals surface area contributed by atoms with Crippen LogP contribution in [0.2, 0.25) is 0 Å². The van der Waals surface area contributed by atoms with Gasteiger partial charge in [0.2, 0.25) is 8.38 Å². The maximum atomic E-state index is 11.2. The van der Waals surface area contributed by atoms with Crippen LogP contribution in [0.1, 0.15) is 23.6 Å². The van der Waals surface area contributed by atoms with Crippen LogP contribution in [-0.4, -0.2) is 42.5 Å². The minimum absolute atomic E-state index is 0.290. The van der Waals surface area contributed by atoms with Crippen LogP contribution >= 0.6 is 8.38 Å². The van der Waals surface area contributed by atoms with Gasteiger partial charge >= 0.3 is 0 Å². The van der Waals surface area contributed by atoms with E-state index >= 15 is 0 Å². The first-order valence-corrected chi connectivity index (χ1v) is 13.2. The van der Waals surface area contributed by atoms with E-state index in [1.807, 2.05) is 97.9 Å². The molecule has 1 fully saturated rings. The highest BCUT2D eigenvalue weighted by Crippen LogP contribution is 2.51. The van der Waals surface area contributed by atoms with Crippen molar-refractivity contribution in [2.75, 3.05) is 13.2 Å². The van der Waals surface area contributed by atoms with Gasteiger partial charge in [-0.1, -0.05) is 91.0 Å². The van der Waals surface area contributed by atoms with Gasteiger partial charge in [0, 0.05) is 0 Å². The van der Waals surface area contributed by atoms with Crippen molar-refractivity contribution in [3.05, 3.63) is 108 Å². The molecule has 0 radical (unpaired) electrons. The van der Waals surface area contributed by atoms with Gasteiger partial charge in [0.25, 0.3) is 0 Å². The number of benzene rings is 3. The Morgan fingerprint density at radius 3 is 1.71 bits per heavy atom. The lowest BCUT2D eigenvalue weighted by Gasteiger charge is -2.43. The summed E-state index contributed by atoms with van der Waals surface area (Å²) in [7, 11) is -1.58. The second kappa shape index (κ2) is 13.8. The molecule has 3 aromatic rings. The van der Waals surface area contributed by atoms with E-state index < -0.39 is 32.5 Å². The molecule has 0 aliphatic carbocycles. The number of rotatable bonds is 12. The van der Waals surface area contributed by atoms with Crippen molar-refractivity contribution in [1.29, 1.82) is 0 Å². The van der Waals surface area contributed by atoms with Crippen LogP contribution in [0.25, 0.3) is 0 Å². The van der Waals surface area contributed by atoms with Crippen LogP contribution in [0.5, 0.6) is 0 Å². The van der Waals surface area contributed by atoms with Crippen molar-refractivity contribution in [2.45, 2.75) is 50.9 Å². The fourth-order valence-corrected chi connectivity index (χ4v) is 5.44. The third-order valence-electron chi connectivity index (χ3n) is 5.66. The lowest BCUT2D eigenvalue weighted by atomic mass is 10.1. The van der Waals surface area contributed by atoms with E-state index in [9.17, 15) is 5.11 Å². The molecule has 5 atom stereocenters. The molecule has 6 nitrogen and oxygen atoms in total. The zero-order valence-electron chi connectivity index (χ0n) is 19.9. The minimum atomic E-state index is -1.58. The third-order valence-corrected chi connectivity index (χ3v) is 7.38. The molecule has 35 heavy (non-hydrogen) atoms. The van der Waals surface area contributed by atoms with Crippen molar-refractivity contribution in [3.8, 4) is 0 Å². The maximum Gasteiger partial charge on any atom is 0.204 e. The fourth-order valence-electron chi connectivity index (χ4n) is 3.90. The summed E-state index contributed by atoms with van der Waals surface area (Å²) >= 11 is 0. The summed E-state index contributed by atoms with van der Waals surface area (Å²) in [5, 5.41) is 11.2. The van der Waals surface area contributed by atoms with Gasteiger partial charge in [0.1, 0.15) is 18.3 Å². The first kappa shape index (κ1) is 25.9. The molecule has 7 heteroatoms. The molecule has 0 amide bonds. The van der Waals surface area contributed by atoms with Gasteiger partial charge in [-0.05, 0) is 23.6 Å². The van der Waals surface area contributed by atoms with E-state index in [0.29, 0.717) is 26.4 Å². The number of hydrogen-bond acceptors (Lipinski definition) is 6. The van der Waals surface area contributed by atoms with E-state index in [0.717, 1.165) is 16.7 Å². The lowest BCUT2D eigenvalue weighted by molar-refractivity contribution is -0.176. The van der Waals surface area contributed by atoms with E-state index in [-0.39, 0.29) is 6.61 Å². The van der Waals surface area contributed by atoms with Gasteiger partial charge < -0.3 is 28.4 Å². The van der Waals surface area contributed by atoms with Crippen molar-refractivity contribution < 1.29 is 28.4 Å². The molecule has 0 aromatic heterocycles. The number of aliphatic hydroxyl groups excluding tert-OH is 1. The first-order valence-electron chi connectivity index (χ1n) is 11.9. The molecular formula is C28H33O6P. The standard InChI is InChI=1S/C28H33O6P/c1-2-33-35-28(29)27(32-20-24-16-10-5-11-17-24)26(31-19-23-14-8-4-9-15-23)25(34-35)21-30-18-22-12-6-3-7-13-22/h3-17,25-29H,2,18-21H2,1H3/t25-,26-,27+,28-,35-/m1/s1. The molecule has 0 saturated carbocycles. The summed E-state index contributed by atoms with van der Waals surface area (Å²) < 4.78 is 30.7. The molecule has 1 heterocycles. The Hall–Kier alpha value is -2.15. The summed E-state index contributed by atoms with van der Waals surface area (Å²) in [5.74, 6) is -0.945. The Morgan fingerprint density at radius 1 is 0.714 bits per heavy atom. The average molecular weight is 497 g/mol. The number of hydrogen-bond donors (Lipinski definition) is 1. The van der Waals surface area contributed by atoms with Crippen LogP contribution in [-0.2, 0) is 43.1 Å². The molecule has 186 valence electrons. The van der Waals surface area contributed by atoms with E-state index in [1.54, 1.807) is 0 Å². The SMILES string of the molecule is CCO[P@]1O[C@H](COCc2ccccc2)[C@@H](OCc2ccccc2)[C@H](OCc2ccccc2)[C@@H]1O. The molecule has 0 bridgehead atoms. The molecule has 0 spiro atoms. The molecule has 1 saturated heterocycles. The van der Waals surface area contributed by atoms with E-state index in [2.05, 4.69) is 0 Å². The largest absolute Gasteiger partial charge is 0.381 e. The molecule has 4 rings (SSSR count). The van der Waals surface area contributed by atoms with E-state index in [4.69, 9.17) is 23.3 Å². The molecule has 1 aliphatic heterocycles. The van der Waals surface area contributed by atoms with Gasteiger partial charge in [0.15, 0.2) is 5.85 Å². The van der Waals surface area contributed by atoms with Gasteiger partial charge in [-0.3, -0.25) is 0 Å².